The van der Waals surface area contributed by atoms with E-state index in [1.54, 1.807) is 12.1 Å². The highest BCUT2D eigenvalue weighted by Gasteiger charge is 2.12. The average molecular weight is 462 g/mol. The number of hydrogen-bond acceptors (Lipinski definition) is 7. The van der Waals surface area contributed by atoms with Crippen LogP contribution in [0.25, 0.3) is 6.08 Å². The van der Waals surface area contributed by atoms with Crippen LogP contribution in [0.1, 0.15) is 11.1 Å². The van der Waals surface area contributed by atoms with Crippen molar-refractivity contribution >= 4 is 29.6 Å². The van der Waals surface area contributed by atoms with Gasteiger partial charge in [-0.25, -0.2) is 4.79 Å². The van der Waals surface area contributed by atoms with Crippen molar-refractivity contribution in [3.05, 3.63) is 52.6 Å². The molecule has 1 amide bonds. The van der Waals surface area contributed by atoms with Crippen LogP contribution >= 0.6 is 11.6 Å². The molecule has 0 aliphatic carbocycles. The molecule has 1 heterocycles. The second kappa shape index (κ2) is 11.3. The zero-order valence-electron chi connectivity index (χ0n) is 17.8. The number of methoxy groups -OCH3 is 2. The Morgan fingerprint density at radius 1 is 1.09 bits per heavy atom. The van der Waals surface area contributed by atoms with E-state index in [1.807, 2.05) is 18.2 Å². The molecule has 0 bridgehead atoms. The Labute approximate surface area is 191 Å². The van der Waals surface area contributed by atoms with Gasteiger partial charge in [0.25, 0.3) is 5.91 Å². The van der Waals surface area contributed by atoms with E-state index in [9.17, 15) is 9.59 Å². The number of hydrogen-bond donors (Lipinski definition) is 1. The number of fused-ring (bicyclic) bond motifs is 1. The maximum Gasteiger partial charge on any atom is 0.331 e. The SMILES string of the molecule is COc1cc(/C=C/C(=O)OCC(=O)NCCc2ccc3c(c2)OCCO3)cc(Cl)c1OC. The van der Waals surface area contributed by atoms with Crippen molar-refractivity contribution in [1.82, 2.24) is 5.32 Å². The first-order valence-electron chi connectivity index (χ1n) is 9.91. The second-order valence-electron chi connectivity index (χ2n) is 6.76. The number of ether oxygens (including phenoxy) is 5. The maximum absolute atomic E-state index is 11.9. The number of halogens is 1. The fraction of sp³-hybridized carbons (Fsp3) is 0.304. The van der Waals surface area contributed by atoms with Crippen LogP contribution < -0.4 is 24.3 Å². The normalized spacial score (nSPS) is 12.3. The molecule has 2 aromatic rings. The van der Waals surface area contributed by atoms with Crippen molar-refractivity contribution in [1.29, 1.82) is 0 Å². The number of benzene rings is 2. The average Bonchev–Trinajstić information content (AvgIpc) is 2.80. The van der Waals surface area contributed by atoms with Crippen LogP contribution in [0.4, 0.5) is 0 Å². The molecule has 3 rings (SSSR count). The zero-order chi connectivity index (χ0) is 22.9. The Kier molecular flexibility index (Phi) is 8.21. The van der Waals surface area contributed by atoms with E-state index >= 15 is 0 Å². The number of amides is 1. The van der Waals surface area contributed by atoms with Gasteiger partial charge in [-0.2, -0.15) is 0 Å². The highest BCUT2D eigenvalue weighted by Crippen LogP contribution is 2.36. The standard InChI is InChI=1S/C23H24ClNO7/c1-28-20-13-16(11-17(24)23(20)29-2)4-6-22(27)32-14-21(26)25-8-7-15-3-5-18-19(12-15)31-10-9-30-18/h3-6,11-13H,7-10,14H2,1-2H3,(H,25,26)/b6-4+. The summed E-state index contributed by atoms with van der Waals surface area (Å²) in [6.07, 6.45) is 3.33. The lowest BCUT2D eigenvalue weighted by molar-refractivity contribution is -0.143. The van der Waals surface area contributed by atoms with Crippen LogP contribution in [0, 0.1) is 0 Å². The monoisotopic (exact) mass is 461 g/mol. The van der Waals surface area contributed by atoms with Crippen LogP contribution in [0.5, 0.6) is 23.0 Å². The molecule has 0 fully saturated rings. The summed E-state index contributed by atoms with van der Waals surface area (Å²) in [6, 6.07) is 8.96. The molecule has 0 saturated carbocycles. The molecular formula is C23H24ClNO7. The molecule has 0 atom stereocenters. The molecule has 0 unspecified atom stereocenters. The molecule has 1 N–H and O–H groups in total. The molecule has 0 aromatic heterocycles. The minimum atomic E-state index is -0.655. The first-order valence-corrected chi connectivity index (χ1v) is 10.3. The molecule has 1 aliphatic heterocycles. The summed E-state index contributed by atoms with van der Waals surface area (Å²) < 4.78 is 26.4. The first kappa shape index (κ1) is 23.3. The van der Waals surface area contributed by atoms with Gasteiger partial charge in [-0.05, 0) is 47.9 Å². The zero-order valence-corrected chi connectivity index (χ0v) is 18.6. The van der Waals surface area contributed by atoms with Crippen molar-refractivity contribution < 1.29 is 33.3 Å². The third kappa shape index (κ3) is 6.31. The van der Waals surface area contributed by atoms with Crippen molar-refractivity contribution in [3.8, 4) is 23.0 Å². The predicted octanol–water partition coefficient (Wildman–Crippen LogP) is 3.04. The Balaban J connectivity index is 1.42. The summed E-state index contributed by atoms with van der Waals surface area (Å²) in [5.74, 6) is 1.22. The lowest BCUT2D eigenvalue weighted by Gasteiger charge is -2.18. The second-order valence-corrected chi connectivity index (χ2v) is 7.16. The molecule has 1 aliphatic rings. The van der Waals surface area contributed by atoms with E-state index < -0.39 is 11.9 Å². The fourth-order valence-corrected chi connectivity index (χ4v) is 3.32. The van der Waals surface area contributed by atoms with Gasteiger partial charge >= 0.3 is 5.97 Å². The van der Waals surface area contributed by atoms with Crippen LogP contribution in [0.2, 0.25) is 5.02 Å². The van der Waals surface area contributed by atoms with Gasteiger partial charge < -0.3 is 29.0 Å². The molecule has 2 aromatic carbocycles. The van der Waals surface area contributed by atoms with Crippen molar-refractivity contribution in [3.63, 3.8) is 0 Å². The topological polar surface area (TPSA) is 92.3 Å². The van der Waals surface area contributed by atoms with Crippen LogP contribution in [0.15, 0.2) is 36.4 Å². The van der Waals surface area contributed by atoms with Gasteiger partial charge in [0, 0.05) is 12.6 Å². The molecule has 0 spiro atoms. The summed E-state index contributed by atoms with van der Waals surface area (Å²) in [5.41, 5.74) is 1.62. The highest BCUT2D eigenvalue weighted by molar-refractivity contribution is 6.32. The minimum absolute atomic E-state index is 0.345. The third-order valence-corrected chi connectivity index (χ3v) is 4.84. The number of carbonyl (C=O) groups excluding carboxylic acids is 2. The molecule has 9 heteroatoms. The van der Waals surface area contributed by atoms with Crippen molar-refractivity contribution in [2.75, 3.05) is 40.6 Å². The van der Waals surface area contributed by atoms with Crippen LogP contribution in [-0.2, 0) is 20.7 Å². The van der Waals surface area contributed by atoms with Gasteiger partial charge in [-0.15, -0.1) is 0 Å². The van der Waals surface area contributed by atoms with E-state index in [0.29, 0.717) is 54.0 Å². The highest BCUT2D eigenvalue weighted by atomic mass is 35.5. The largest absolute Gasteiger partial charge is 0.493 e. The molecule has 32 heavy (non-hydrogen) atoms. The van der Waals surface area contributed by atoms with Gasteiger partial charge in [0.05, 0.1) is 19.2 Å². The van der Waals surface area contributed by atoms with Crippen molar-refractivity contribution in [2.45, 2.75) is 6.42 Å². The summed E-state index contributed by atoms with van der Waals surface area (Å²) in [7, 11) is 2.97. The summed E-state index contributed by atoms with van der Waals surface area (Å²) in [6.45, 7) is 1.08. The molecular weight excluding hydrogens is 438 g/mol. The van der Waals surface area contributed by atoms with Gasteiger partial charge in [0.1, 0.15) is 13.2 Å². The molecule has 0 radical (unpaired) electrons. The number of esters is 1. The van der Waals surface area contributed by atoms with Crippen molar-refractivity contribution in [2.24, 2.45) is 0 Å². The predicted molar refractivity (Wildman–Crippen MR) is 119 cm³/mol. The van der Waals surface area contributed by atoms with E-state index in [2.05, 4.69) is 5.32 Å². The summed E-state index contributed by atoms with van der Waals surface area (Å²) in [4.78, 5) is 23.8. The number of nitrogens with one attached hydrogen (secondary N) is 1. The maximum atomic E-state index is 11.9. The van der Waals surface area contributed by atoms with Crippen LogP contribution in [0.3, 0.4) is 0 Å². The van der Waals surface area contributed by atoms with Gasteiger partial charge in [-0.3, -0.25) is 4.79 Å². The first-order chi connectivity index (χ1) is 15.5. The van der Waals surface area contributed by atoms with E-state index in [1.165, 1.54) is 26.4 Å². The van der Waals surface area contributed by atoms with E-state index in [4.69, 9.17) is 35.3 Å². The van der Waals surface area contributed by atoms with E-state index in [-0.39, 0.29) is 6.61 Å². The molecule has 8 nitrogen and oxygen atoms in total. The van der Waals surface area contributed by atoms with Gasteiger partial charge in [0.15, 0.2) is 29.6 Å². The Bertz CT molecular complexity index is 1010. The summed E-state index contributed by atoms with van der Waals surface area (Å²) >= 11 is 6.14. The Morgan fingerprint density at radius 3 is 2.62 bits per heavy atom. The Morgan fingerprint density at radius 2 is 1.88 bits per heavy atom. The number of carbonyl (C=O) groups is 2. The fourth-order valence-electron chi connectivity index (χ4n) is 3.02. The van der Waals surface area contributed by atoms with Gasteiger partial charge in [-0.1, -0.05) is 17.7 Å². The van der Waals surface area contributed by atoms with Crippen LogP contribution in [-0.4, -0.2) is 52.5 Å². The lowest BCUT2D eigenvalue weighted by Crippen LogP contribution is -2.30. The molecule has 170 valence electrons. The number of rotatable bonds is 9. The lowest BCUT2D eigenvalue weighted by atomic mass is 10.1. The smallest absolute Gasteiger partial charge is 0.331 e. The Hall–Kier alpha value is -3.39. The third-order valence-electron chi connectivity index (χ3n) is 4.56. The van der Waals surface area contributed by atoms with E-state index in [0.717, 1.165) is 11.3 Å². The van der Waals surface area contributed by atoms with Gasteiger partial charge in [0.2, 0.25) is 0 Å². The summed E-state index contributed by atoms with van der Waals surface area (Å²) in [5, 5.41) is 3.06. The quantitative estimate of drug-likeness (QED) is 0.453. The molecule has 0 saturated heterocycles. The minimum Gasteiger partial charge on any atom is -0.493 e.